The van der Waals surface area contributed by atoms with E-state index in [0.717, 1.165) is 23.3 Å². The summed E-state index contributed by atoms with van der Waals surface area (Å²) in [6.45, 7) is 12.0. The van der Waals surface area contributed by atoms with E-state index in [-0.39, 0.29) is 16.7 Å². The van der Waals surface area contributed by atoms with Crippen LogP contribution in [0.3, 0.4) is 0 Å². The molecule has 3 rings (SSSR count). The summed E-state index contributed by atoms with van der Waals surface area (Å²) in [5.41, 5.74) is 1.91. The maximum Gasteiger partial charge on any atom is 0.295 e. The molecular formula is C30H39NO6. The van der Waals surface area contributed by atoms with Gasteiger partial charge in [-0.05, 0) is 61.1 Å². The second-order valence-electron chi connectivity index (χ2n) is 10.2. The van der Waals surface area contributed by atoms with Crippen LogP contribution in [0.5, 0.6) is 11.5 Å². The lowest BCUT2D eigenvalue weighted by Crippen LogP contribution is -2.31. The first kappa shape index (κ1) is 28.3. The van der Waals surface area contributed by atoms with Crippen LogP contribution in [0.15, 0.2) is 48.0 Å². The zero-order valence-electron chi connectivity index (χ0n) is 22.8. The highest BCUT2D eigenvalue weighted by atomic mass is 16.5. The lowest BCUT2D eigenvalue weighted by molar-refractivity contribution is -0.140. The second kappa shape index (κ2) is 12.3. The van der Waals surface area contributed by atoms with E-state index in [1.54, 1.807) is 13.2 Å². The van der Waals surface area contributed by atoms with Crippen molar-refractivity contribution in [2.24, 2.45) is 0 Å². The first-order chi connectivity index (χ1) is 17.6. The van der Waals surface area contributed by atoms with E-state index < -0.39 is 17.7 Å². The maximum absolute atomic E-state index is 13.3. The quantitative estimate of drug-likeness (QED) is 0.183. The van der Waals surface area contributed by atoms with Gasteiger partial charge in [-0.1, -0.05) is 39.8 Å². The first-order valence-electron chi connectivity index (χ1n) is 12.9. The molecule has 1 saturated heterocycles. The number of hydrogen-bond donors (Lipinski definition) is 1. The number of methoxy groups -OCH3 is 1. The molecule has 1 heterocycles. The third-order valence-corrected chi connectivity index (χ3v) is 6.32. The number of rotatable bonds is 11. The minimum atomic E-state index is -0.721. The average Bonchev–Trinajstić information content (AvgIpc) is 3.12. The number of Topliss-reactive ketones (excluding diaryl/α,β-unsaturated/α-hetero) is 1. The third kappa shape index (κ3) is 6.34. The first-order valence-corrected chi connectivity index (χ1v) is 12.9. The largest absolute Gasteiger partial charge is 0.507 e. The maximum atomic E-state index is 13.3. The summed E-state index contributed by atoms with van der Waals surface area (Å²) in [7, 11) is 1.60. The lowest BCUT2D eigenvalue weighted by Gasteiger charge is -2.26. The minimum absolute atomic E-state index is 0.0775. The lowest BCUT2D eigenvalue weighted by atomic mass is 9.84. The fourth-order valence-corrected chi connectivity index (χ4v) is 4.50. The van der Waals surface area contributed by atoms with Gasteiger partial charge in [0.15, 0.2) is 0 Å². The van der Waals surface area contributed by atoms with E-state index in [0.29, 0.717) is 44.1 Å². The number of hydrogen-bond acceptors (Lipinski definition) is 6. The Hall–Kier alpha value is -3.32. The molecule has 37 heavy (non-hydrogen) atoms. The number of ether oxygens (including phenoxy) is 3. The van der Waals surface area contributed by atoms with Gasteiger partial charge in [0, 0.05) is 31.4 Å². The van der Waals surface area contributed by atoms with Crippen molar-refractivity contribution in [2.75, 3.05) is 33.5 Å². The van der Waals surface area contributed by atoms with Crippen molar-refractivity contribution < 1.29 is 28.9 Å². The van der Waals surface area contributed by atoms with Gasteiger partial charge < -0.3 is 24.2 Å². The van der Waals surface area contributed by atoms with Crippen molar-refractivity contribution in [1.29, 1.82) is 0 Å². The summed E-state index contributed by atoms with van der Waals surface area (Å²) in [6.07, 6.45) is 1.45. The molecule has 2 aromatic carbocycles. The minimum Gasteiger partial charge on any atom is -0.507 e. The van der Waals surface area contributed by atoms with Crippen LogP contribution in [0.4, 0.5) is 0 Å². The van der Waals surface area contributed by atoms with Crippen molar-refractivity contribution in [3.05, 3.63) is 64.7 Å². The average molecular weight is 510 g/mol. The normalized spacial score (nSPS) is 17.4. The number of carbonyl (C=O) groups is 2. The van der Waals surface area contributed by atoms with Gasteiger partial charge >= 0.3 is 0 Å². The highest BCUT2D eigenvalue weighted by Gasteiger charge is 2.45. The number of amides is 1. The topological polar surface area (TPSA) is 85.3 Å². The van der Waals surface area contributed by atoms with Crippen LogP contribution >= 0.6 is 0 Å². The Morgan fingerprint density at radius 2 is 1.70 bits per heavy atom. The standard InChI is InChI=1S/C30H39NO6/c1-7-17-37-22-13-10-20(11-14-22)26-25(28(33)29(34)31(26)16-9-18-35-6)27(32)21-12-15-24(36-8-2)23(19-21)30(3,4)5/h10-15,19,26,32H,7-9,16-18H2,1-6H3/b27-25-. The smallest absolute Gasteiger partial charge is 0.295 e. The summed E-state index contributed by atoms with van der Waals surface area (Å²) in [6, 6.07) is 12.0. The Bertz CT molecular complexity index is 1130. The zero-order chi connectivity index (χ0) is 27.2. The summed E-state index contributed by atoms with van der Waals surface area (Å²) < 4.78 is 16.7. The molecule has 7 nitrogen and oxygen atoms in total. The van der Waals surface area contributed by atoms with Crippen molar-refractivity contribution in [3.63, 3.8) is 0 Å². The Morgan fingerprint density at radius 3 is 2.30 bits per heavy atom. The molecule has 1 amide bonds. The number of aliphatic hydroxyl groups is 1. The molecule has 2 aromatic rings. The summed E-state index contributed by atoms with van der Waals surface area (Å²) in [5, 5.41) is 11.5. The monoisotopic (exact) mass is 509 g/mol. The molecule has 7 heteroatoms. The zero-order valence-corrected chi connectivity index (χ0v) is 22.8. The molecule has 0 saturated carbocycles. The van der Waals surface area contributed by atoms with Gasteiger partial charge in [0.2, 0.25) is 0 Å². The van der Waals surface area contributed by atoms with Gasteiger partial charge in [-0.25, -0.2) is 0 Å². The van der Waals surface area contributed by atoms with Crippen LogP contribution in [-0.2, 0) is 19.7 Å². The van der Waals surface area contributed by atoms with Crippen LogP contribution in [0.2, 0.25) is 0 Å². The molecule has 0 bridgehead atoms. The van der Waals surface area contributed by atoms with Crippen molar-refractivity contribution >= 4 is 17.4 Å². The summed E-state index contributed by atoms with van der Waals surface area (Å²) in [5.74, 6) is -0.0835. The van der Waals surface area contributed by atoms with Gasteiger partial charge in [-0.2, -0.15) is 0 Å². The molecule has 1 unspecified atom stereocenters. The number of nitrogens with zero attached hydrogens (tertiary/aromatic N) is 1. The molecule has 1 aliphatic rings. The van der Waals surface area contributed by atoms with Crippen LogP contribution in [0.1, 0.15) is 70.2 Å². The van der Waals surface area contributed by atoms with Gasteiger partial charge in [0.25, 0.3) is 11.7 Å². The molecule has 0 radical (unpaired) electrons. The molecule has 0 aliphatic carbocycles. The van der Waals surface area contributed by atoms with Crippen LogP contribution < -0.4 is 9.47 Å². The van der Waals surface area contributed by atoms with Crippen molar-refractivity contribution in [2.45, 2.75) is 58.9 Å². The highest BCUT2D eigenvalue weighted by molar-refractivity contribution is 6.46. The Balaban J connectivity index is 2.13. The summed E-state index contributed by atoms with van der Waals surface area (Å²) in [4.78, 5) is 28.0. The summed E-state index contributed by atoms with van der Waals surface area (Å²) >= 11 is 0. The number of aliphatic hydroxyl groups excluding tert-OH is 1. The van der Waals surface area contributed by atoms with E-state index in [2.05, 4.69) is 20.8 Å². The van der Waals surface area contributed by atoms with Crippen LogP contribution in [-0.4, -0.2) is 55.2 Å². The number of carbonyl (C=O) groups excluding carboxylic acids is 2. The van der Waals surface area contributed by atoms with Gasteiger partial charge in [0.1, 0.15) is 17.3 Å². The Kier molecular flexibility index (Phi) is 9.38. The van der Waals surface area contributed by atoms with E-state index >= 15 is 0 Å². The number of likely N-dealkylation sites (tertiary alicyclic amines) is 1. The van der Waals surface area contributed by atoms with Gasteiger partial charge in [-0.3, -0.25) is 9.59 Å². The fourth-order valence-electron chi connectivity index (χ4n) is 4.50. The van der Waals surface area contributed by atoms with Crippen molar-refractivity contribution in [3.8, 4) is 11.5 Å². The molecule has 0 spiro atoms. The number of benzene rings is 2. The molecule has 1 aliphatic heterocycles. The van der Waals surface area contributed by atoms with Gasteiger partial charge in [-0.15, -0.1) is 0 Å². The Morgan fingerprint density at radius 1 is 1.00 bits per heavy atom. The molecule has 200 valence electrons. The highest BCUT2D eigenvalue weighted by Crippen LogP contribution is 2.41. The van der Waals surface area contributed by atoms with Crippen LogP contribution in [0.25, 0.3) is 5.76 Å². The second-order valence-corrected chi connectivity index (χ2v) is 10.2. The predicted molar refractivity (Wildman–Crippen MR) is 144 cm³/mol. The molecule has 1 atom stereocenters. The van der Waals surface area contributed by atoms with E-state index in [4.69, 9.17) is 14.2 Å². The predicted octanol–water partition coefficient (Wildman–Crippen LogP) is 5.63. The van der Waals surface area contributed by atoms with Crippen LogP contribution in [0, 0.1) is 0 Å². The van der Waals surface area contributed by atoms with E-state index in [1.807, 2.05) is 50.2 Å². The molecular weight excluding hydrogens is 470 g/mol. The molecule has 1 N–H and O–H groups in total. The third-order valence-electron chi connectivity index (χ3n) is 6.32. The van der Waals surface area contributed by atoms with Gasteiger partial charge in [0.05, 0.1) is 24.8 Å². The molecule has 0 aromatic heterocycles. The van der Waals surface area contributed by atoms with E-state index in [9.17, 15) is 14.7 Å². The SMILES string of the molecule is CCCOc1ccc(C2/C(=C(/O)c3ccc(OCC)c(C(C)(C)C)c3)C(=O)C(=O)N2CCCOC)cc1. The fraction of sp³-hybridized carbons (Fsp3) is 0.467. The van der Waals surface area contributed by atoms with Crippen molar-refractivity contribution in [1.82, 2.24) is 4.90 Å². The molecule has 1 fully saturated rings. The van der Waals surface area contributed by atoms with E-state index in [1.165, 1.54) is 4.90 Å². The Labute approximate surface area is 220 Å². The number of ketones is 1.